The van der Waals surface area contributed by atoms with Crippen LogP contribution in [0.5, 0.6) is 0 Å². The van der Waals surface area contributed by atoms with E-state index in [1.165, 1.54) is 6.20 Å². The van der Waals surface area contributed by atoms with Gasteiger partial charge in [0.05, 0.1) is 18.1 Å². The summed E-state index contributed by atoms with van der Waals surface area (Å²) < 4.78 is 31.4. The van der Waals surface area contributed by atoms with E-state index in [0.29, 0.717) is 38.0 Å². The second-order valence-electron chi connectivity index (χ2n) is 9.99. The molecule has 11 nitrogen and oxygen atoms in total. The number of nitrogen functional groups attached to an aromatic ring is 1. The Balaban J connectivity index is 1.27. The van der Waals surface area contributed by atoms with Crippen LogP contribution in [0.25, 0.3) is 16.9 Å². The van der Waals surface area contributed by atoms with Gasteiger partial charge in [-0.05, 0) is 25.7 Å². The molecule has 5 N–H and O–H groups in total. The molecule has 0 aromatic carbocycles. The number of nitrogens with zero attached hydrogens (tertiary/aromatic N) is 6. The number of likely N-dealkylation sites (tertiary alicyclic amines) is 1. The number of amides is 2. The molecule has 3 aromatic rings. The molecule has 2 unspecified atom stereocenters. The van der Waals surface area contributed by atoms with E-state index in [1.54, 1.807) is 4.90 Å². The standard InChI is InChI=1S/C24H27F2N9O2/c25-16-8-29-7-15(19-17(26)11-35-23(31-19)18(22(28)36)21(27)32-35)20(16)33-5-3-12(4-6-33)24(37)34-9-13-1-2-14(10-34)30-13/h7-8,11-14,30H,1-6,9-10H2,(H2,27,32)(H2,28,36). The molecule has 2 atom stereocenters. The fourth-order valence-electron chi connectivity index (χ4n) is 5.90. The van der Waals surface area contributed by atoms with Gasteiger partial charge in [-0.1, -0.05) is 0 Å². The van der Waals surface area contributed by atoms with Gasteiger partial charge in [-0.3, -0.25) is 14.6 Å². The Kier molecular flexibility index (Phi) is 5.66. The normalized spacial score (nSPS) is 22.1. The number of carbonyl (C=O) groups excluding carboxylic acids is 2. The molecular weight excluding hydrogens is 484 g/mol. The lowest BCUT2D eigenvalue weighted by Crippen LogP contribution is -2.55. The van der Waals surface area contributed by atoms with E-state index in [1.807, 2.05) is 4.90 Å². The van der Waals surface area contributed by atoms with Crippen molar-refractivity contribution in [3.8, 4) is 11.3 Å². The van der Waals surface area contributed by atoms with Gasteiger partial charge in [0.2, 0.25) is 5.91 Å². The zero-order chi connectivity index (χ0) is 25.8. The van der Waals surface area contributed by atoms with Crippen LogP contribution >= 0.6 is 0 Å². The van der Waals surface area contributed by atoms with Crippen LogP contribution in [-0.2, 0) is 4.79 Å². The molecule has 3 saturated heterocycles. The Hall–Kier alpha value is -3.87. The third-order valence-electron chi connectivity index (χ3n) is 7.65. The van der Waals surface area contributed by atoms with Crippen molar-refractivity contribution in [1.29, 1.82) is 0 Å². The van der Waals surface area contributed by atoms with Crippen molar-refractivity contribution in [3.63, 3.8) is 0 Å². The SMILES string of the molecule is NC(=O)c1c(N)nn2cc(F)c(-c3cncc(F)c3N3CCC(C(=O)N4CC5CCC(C4)N5)CC3)nc12. The highest BCUT2D eigenvalue weighted by atomic mass is 19.1. The van der Waals surface area contributed by atoms with Gasteiger partial charge in [-0.15, -0.1) is 5.10 Å². The van der Waals surface area contributed by atoms with Crippen LogP contribution in [-0.4, -0.2) is 74.6 Å². The van der Waals surface area contributed by atoms with Crippen LogP contribution < -0.4 is 21.7 Å². The van der Waals surface area contributed by atoms with Gasteiger partial charge in [0, 0.05) is 55.9 Å². The molecule has 6 rings (SSSR count). The number of nitrogens with one attached hydrogen (secondary N) is 1. The summed E-state index contributed by atoms with van der Waals surface area (Å²) in [6.45, 7) is 2.30. The lowest BCUT2D eigenvalue weighted by Gasteiger charge is -2.39. The fourth-order valence-corrected chi connectivity index (χ4v) is 5.90. The molecule has 0 radical (unpaired) electrons. The van der Waals surface area contributed by atoms with Crippen molar-refractivity contribution >= 4 is 29.0 Å². The Labute approximate surface area is 210 Å². The van der Waals surface area contributed by atoms with Gasteiger partial charge in [0.1, 0.15) is 11.3 Å². The lowest BCUT2D eigenvalue weighted by atomic mass is 9.93. The molecule has 3 aliphatic heterocycles. The monoisotopic (exact) mass is 511 g/mol. The number of carbonyl (C=O) groups is 2. The highest BCUT2D eigenvalue weighted by Crippen LogP contribution is 2.36. The summed E-state index contributed by atoms with van der Waals surface area (Å²) in [7, 11) is 0. The van der Waals surface area contributed by atoms with Crippen LogP contribution in [0.4, 0.5) is 20.3 Å². The van der Waals surface area contributed by atoms with Crippen LogP contribution in [0.1, 0.15) is 36.0 Å². The second-order valence-corrected chi connectivity index (χ2v) is 9.99. The fraction of sp³-hybridized carbons (Fsp3) is 0.458. The summed E-state index contributed by atoms with van der Waals surface area (Å²) in [5, 5.41) is 7.42. The molecule has 3 aliphatic rings. The zero-order valence-electron chi connectivity index (χ0n) is 20.0. The van der Waals surface area contributed by atoms with Gasteiger partial charge < -0.3 is 26.6 Å². The number of piperazine rings is 1. The summed E-state index contributed by atoms with van der Waals surface area (Å²) in [6, 6.07) is 0.745. The number of halogens is 2. The molecule has 2 amide bonds. The number of fused-ring (bicyclic) bond motifs is 3. The van der Waals surface area contributed by atoms with E-state index in [-0.39, 0.29) is 45.8 Å². The number of piperidine rings is 1. The molecule has 3 aromatic heterocycles. The quantitative estimate of drug-likeness (QED) is 0.469. The predicted octanol–water partition coefficient (Wildman–Crippen LogP) is 0.930. The number of anilines is 2. The van der Waals surface area contributed by atoms with Gasteiger partial charge in [0.15, 0.2) is 23.1 Å². The number of hydrogen-bond donors (Lipinski definition) is 3. The first-order valence-corrected chi connectivity index (χ1v) is 12.4. The van der Waals surface area contributed by atoms with Gasteiger partial charge in [-0.25, -0.2) is 18.3 Å². The third kappa shape index (κ3) is 4.02. The maximum Gasteiger partial charge on any atom is 0.256 e. The molecule has 0 aliphatic carbocycles. The predicted molar refractivity (Wildman–Crippen MR) is 131 cm³/mol. The maximum atomic E-state index is 15.2. The molecule has 37 heavy (non-hydrogen) atoms. The average molecular weight is 512 g/mol. The molecule has 6 heterocycles. The smallest absolute Gasteiger partial charge is 0.256 e. The van der Waals surface area contributed by atoms with Gasteiger partial charge >= 0.3 is 0 Å². The van der Waals surface area contributed by atoms with Crippen LogP contribution in [0.2, 0.25) is 0 Å². The highest BCUT2D eigenvalue weighted by molar-refractivity contribution is 6.03. The Bertz CT molecular complexity index is 1390. The number of aromatic nitrogens is 4. The van der Waals surface area contributed by atoms with Crippen molar-refractivity contribution in [3.05, 3.63) is 35.8 Å². The largest absolute Gasteiger partial charge is 0.381 e. The van der Waals surface area contributed by atoms with Crippen LogP contribution in [0.3, 0.4) is 0 Å². The van der Waals surface area contributed by atoms with E-state index in [2.05, 4.69) is 20.4 Å². The van der Waals surface area contributed by atoms with Crippen molar-refractivity contribution in [2.75, 3.05) is 36.8 Å². The van der Waals surface area contributed by atoms with Gasteiger partial charge in [0.25, 0.3) is 5.91 Å². The molecular formula is C24H27F2N9O2. The lowest BCUT2D eigenvalue weighted by molar-refractivity contribution is -0.137. The number of primary amides is 1. The Morgan fingerprint density at radius 2 is 1.73 bits per heavy atom. The van der Waals surface area contributed by atoms with Crippen LogP contribution in [0, 0.1) is 17.6 Å². The topological polar surface area (TPSA) is 148 Å². The minimum Gasteiger partial charge on any atom is -0.381 e. The first-order chi connectivity index (χ1) is 17.8. The second kappa shape index (κ2) is 8.91. The van der Waals surface area contributed by atoms with E-state index in [0.717, 1.165) is 42.8 Å². The summed E-state index contributed by atoms with van der Waals surface area (Å²) in [4.78, 5) is 37.0. The van der Waals surface area contributed by atoms with E-state index in [9.17, 15) is 9.59 Å². The minimum atomic E-state index is -0.862. The minimum absolute atomic E-state index is 0.0362. The van der Waals surface area contributed by atoms with Crippen molar-refractivity contribution in [2.45, 2.75) is 37.8 Å². The van der Waals surface area contributed by atoms with Crippen molar-refractivity contribution in [2.24, 2.45) is 11.7 Å². The van der Waals surface area contributed by atoms with E-state index >= 15 is 8.78 Å². The van der Waals surface area contributed by atoms with Crippen molar-refractivity contribution < 1.29 is 18.4 Å². The molecule has 13 heteroatoms. The maximum absolute atomic E-state index is 15.2. The zero-order valence-corrected chi connectivity index (χ0v) is 20.0. The Morgan fingerprint density at radius 1 is 1.03 bits per heavy atom. The molecule has 194 valence electrons. The third-order valence-corrected chi connectivity index (χ3v) is 7.65. The summed E-state index contributed by atoms with van der Waals surface area (Å²) >= 11 is 0. The number of pyridine rings is 1. The average Bonchev–Trinajstić information content (AvgIpc) is 3.39. The molecule has 0 saturated carbocycles. The van der Waals surface area contributed by atoms with Crippen molar-refractivity contribution in [1.82, 2.24) is 29.8 Å². The Morgan fingerprint density at radius 3 is 2.41 bits per heavy atom. The number of nitrogens with two attached hydrogens (primary N) is 2. The summed E-state index contributed by atoms with van der Waals surface area (Å²) in [5.41, 5.74) is 11.1. The first kappa shape index (κ1) is 23.5. The van der Waals surface area contributed by atoms with Gasteiger partial charge in [-0.2, -0.15) is 0 Å². The first-order valence-electron chi connectivity index (χ1n) is 12.4. The number of hydrogen-bond acceptors (Lipinski definition) is 8. The number of rotatable bonds is 4. The molecule has 2 bridgehead atoms. The van der Waals surface area contributed by atoms with E-state index in [4.69, 9.17) is 11.5 Å². The summed E-state index contributed by atoms with van der Waals surface area (Å²) in [5.74, 6) is -2.45. The summed E-state index contributed by atoms with van der Waals surface area (Å²) in [6.07, 6.45) is 6.71. The highest BCUT2D eigenvalue weighted by Gasteiger charge is 2.38. The molecule has 0 spiro atoms. The molecule has 3 fully saturated rings. The van der Waals surface area contributed by atoms with E-state index < -0.39 is 17.5 Å². The van der Waals surface area contributed by atoms with Crippen LogP contribution in [0.15, 0.2) is 18.6 Å².